The quantitative estimate of drug-likeness (QED) is 0.754. The van der Waals surface area contributed by atoms with Gasteiger partial charge in [0.1, 0.15) is 6.54 Å². The molecule has 7 heteroatoms. The number of nitrogens with zero attached hydrogens (tertiary/aromatic N) is 4. The van der Waals surface area contributed by atoms with Crippen molar-refractivity contribution in [3.05, 3.63) is 63.1 Å². The van der Waals surface area contributed by atoms with Gasteiger partial charge in [-0.3, -0.25) is 14.3 Å². The van der Waals surface area contributed by atoms with Crippen molar-refractivity contribution in [3.63, 3.8) is 0 Å². The zero-order valence-corrected chi connectivity index (χ0v) is 11.0. The van der Waals surface area contributed by atoms with E-state index in [0.29, 0.717) is 6.54 Å². The van der Waals surface area contributed by atoms with Crippen molar-refractivity contribution in [2.24, 2.45) is 0 Å². The van der Waals surface area contributed by atoms with E-state index in [2.05, 4.69) is 9.97 Å². The smallest absolute Gasteiger partial charge is 0.320 e. The summed E-state index contributed by atoms with van der Waals surface area (Å²) in [6.07, 6.45) is 1.50. The molecule has 1 N–H and O–H groups in total. The van der Waals surface area contributed by atoms with Gasteiger partial charge in [-0.05, 0) is 5.56 Å². The summed E-state index contributed by atoms with van der Waals surface area (Å²) in [6, 6.07) is 11.5. The Labute approximate surface area is 118 Å². The van der Waals surface area contributed by atoms with E-state index in [1.165, 1.54) is 6.33 Å². The molecule has 3 rings (SSSR count). The molecular weight excluding hydrogens is 270 g/mol. The number of hydrogen-bond donors (Lipinski definition) is 1. The Kier molecular flexibility index (Phi) is 3.12. The second-order valence-electron chi connectivity index (χ2n) is 4.53. The van der Waals surface area contributed by atoms with Crippen LogP contribution in [0, 0.1) is 11.3 Å². The van der Waals surface area contributed by atoms with Gasteiger partial charge < -0.3 is 4.57 Å². The normalized spacial score (nSPS) is 10.6. The standard InChI is InChI=1S/C14H11N5O2/c15-6-7-19-12-11(13(20)17-14(19)21)18(9-16-12)8-10-4-2-1-3-5-10/h1-5,9H,7-8H2,(H,17,20,21). The van der Waals surface area contributed by atoms with E-state index in [1.807, 2.05) is 36.4 Å². The molecule has 0 saturated carbocycles. The Morgan fingerprint density at radius 3 is 2.71 bits per heavy atom. The first-order valence-corrected chi connectivity index (χ1v) is 6.29. The van der Waals surface area contributed by atoms with Gasteiger partial charge in [-0.1, -0.05) is 30.3 Å². The van der Waals surface area contributed by atoms with Crippen LogP contribution in [0.25, 0.3) is 11.2 Å². The number of nitrogens with one attached hydrogen (secondary N) is 1. The third-order valence-corrected chi connectivity index (χ3v) is 3.18. The van der Waals surface area contributed by atoms with Crippen molar-refractivity contribution >= 4 is 11.2 Å². The SMILES string of the molecule is N#CCn1c(=O)[nH]c(=O)c2c1ncn2Cc1ccccc1. The average molecular weight is 281 g/mol. The minimum atomic E-state index is -0.626. The molecule has 0 aliphatic rings. The first-order chi connectivity index (χ1) is 10.2. The van der Waals surface area contributed by atoms with E-state index >= 15 is 0 Å². The lowest BCUT2D eigenvalue weighted by Gasteiger charge is -2.05. The molecule has 0 unspecified atom stereocenters. The van der Waals surface area contributed by atoms with Gasteiger partial charge in [0.15, 0.2) is 11.2 Å². The summed E-state index contributed by atoms with van der Waals surface area (Å²) in [5, 5.41) is 8.78. The Balaban J connectivity index is 2.19. The first kappa shape index (κ1) is 12.9. The fourth-order valence-electron chi connectivity index (χ4n) is 2.24. The second kappa shape index (κ2) is 5.09. The lowest BCUT2D eigenvalue weighted by Crippen LogP contribution is -2.31. The fourth-order valence-corrected chi connectivity index (χ4v) is 2.24. The molecule has 1 aromatic carbocycles. The minimum Gasteiger partial charge on any atom is -0.320 e. The maximum absolute atomic E-state index is 12.0. The molecule has 0 bridgehead atoms. The van der Waals surface area contributed by atoms with Crippen LogP contribution in [-0.2, 0) is 13.1 Å². The molecule has 0 amide bonds. The van der Waals surface area contributed by atoms with Crippen molar-refractivity contribution in [2.75, 3.05) is 0 Å². The molecular formula is C14H11N5O2. The number of aromatic amines is 1. The van der Waals surface area contributed by atoms with E-state index in [1.54, 1.807) is 4.57 Å². The molecule has 2 aromatic heterocycles. The van der Waals surface area contributed by atoms with Crippen LogP contribution < -0.4 is 11.2 Å². The molecule has 0 aliphatic carbocycles. The second-order valence-corrected chi connectivity index (χ2v) is 4.53. The summed E-state index contributed by atoms with van der Waals surface area (Å²) in [6.45, 7) is 0.305. The van der Waals surface area contributed by atoms with Crippen molar-refractivity contribution in [1.29, 1.82) is 5.26 Å². The van der Waals surface area contributed by atoms with Gasteiger partial charge >= 0.3 is 5.69 Å². The van der Waals surface area contributed by atoms with Crippen LogP contribution in [0.2, 0.25) is 0 Å². The van der Waals surface area contributed by atoms with Crippen LogP contribution in [0.4, 0.5) is 0 Å². The van der Waals surface area contributed by atoms with Gasteiger partial charge in [-0.2, -0.15) is 5.26 Å². The predicted octanol–water partition coefficient (Wildman–Crippen LogP) is 0.458. The number of fused-ring (bicyclic) bond motifs is 1. The third-order valence-electron chi connectivity index (χ3n) is 3.18. The zero-order chi connectivity index (χ0) is 14.8. The number of H-pyrrole nitrogens is 1. The van der Waals surface area contributed by atoms with Crippen LogP contribution >= 0.6 is 0 Å². The van der Waals surface area contributed by atoms with Crippen molar-refractivity contribution in [2.45, 2.75) is 13.1 Å². The maximum Gasteiger partial charge on any atom is 0.331 e. The highest BCUT2D eigenvalue weighted by Gasteiger charge is 2.13. The largest absolute Gasteiger partial charge is 0.331 e. The average Bonchev–Trinajstić information content (AvgIpc) is 2.88. The Hall–Kier alpha value is -3.14. The molecule has 21 heavy (non-hydrogen) atoms. The highest BCUT2D eigenvalue weighted by molar-refractivity contribution is 5.70. The maximum atomic E-state index is 12.0. The zero-order valence-electron chi connectivity index (χ0n) is 11.0. The molecule has 2 heterocycles. The van der Waals surface area contributed by atoms with E-state index in [4.69, 9.17) is 5.26 Å². The van der Waals surface area contributed by atoms with Crippen molar-refractivity contribution < 1.29 is 0 Å². The molecule has 0 atom stereocenters. The van der Waals surface area contributed by atoms with Crippen LogP contribution in [0.15, 0.2) is 46.2 Å². The third kappa shape index (κ3) is 2.23. The Morgan fingerprint density at radius 2 is 2.00 bits per heavy atom. The van der Waals surface area contributed by atoms with Gasteiger partial charge in [0.2, 0.25) is 0 Å². The summed E-state index contributed by atoms with van der Waals surface area (Å²) < 4.78 is 2.81. The highest BCUT2D eigenvalue weighted by Crippen LogP contribution is 2.09. The van der Waals surface area contributed by atoms with Crippen molar-refractivity contribution in [1.82, 2.24) is 19.1 Å². The van der Waals surface area contributed by atoms with Crippen LogP contribution in [-0.4, -0.2) is 19.1 Å². The molecule has 0 radical (unpaired) electrons. The lowest BCUT2D eigenvalue weighted by atomic mass is 10.2. The van der Waals surface area contributed by atoms with Crippen LogP contribution in [0.1, 0.15) is 5.56 Å². The van der Waals surface area contributed by atoms with Crippen LogP contribution in [0.3, 0.4) is 0 Å². The minimum absolute atomic E-state index is 0.158. The summed E-state index contributed by atoms with van der Waals surface area (Å²) in [5.41, 5.74) is 0.390. The number of benzene rings is 1. The Morgan fingerprint density at radius 1 is 1.24 bits per heavy atom. The number of nitriles is 1. The van der Waals surface area contributed by atoms with Gasteiger partial charge in [0.25, 0.3) is 5.56 Å². The molecule has 104 valence electrons. The van der Waals surface area contributed by atoms with Gasteiger partial charge in [-0.15, -0.1) is 0 Å². The van der Waals surface area contributed by atoms with Gasteiger partial charge in [0, 0.05) is 6.54 Å². The monoisotopic (exact) mass is 281 g/mol. The highest BCUT2D eigenvalue weighted by atomic mass is 16.2. The summed E-state index contributed by atoms with van der Waals surface area (Å²) in [7, 11) is 0. The van der Waals surface area contributed by atoms with E-state index in [-0.39, 0.29) is 17.7 Å². The first-order valence-electron chi connectivity index (χ1n) is 6.29. The van der Waals surface area contributed by atoms with E-state index < -0.39 is 11.2 Å². The summed E-state index contributed by atoms with van der Waals surface area (Å²) >= 11 is 0. The predicted molar refractivity (Wildman–Crippen MR) is 75.8 cm³/mol. The molecule has 0 fully saturated rings. The molecule has 0 aliphatic heterocycles. The van der Waals surface area contributed by atoms with Gasteiger partial charge in [0.05, 0.1) is 12.4 Å². The molecule has 0 saturated heterocycles. The lowest BCUT2D eigenvalue weighted by molar-refractivity contribution is 0.768. The van der Waals surface area contributed by atoms with Gasteiger partial charge in [-0.25, -0.2) is 9.78 Å². The summed E-state index contributed by atoms with van der Waals surface area (Å²) in [4.78, 5) is 30.1. The van der Waals surface area contributed by atoms with Crippen molar-refractivity contribution in [3.8, 4) is 6.07 Å². The summed E-state index contributed by atoms with van der Waals surface area (Å²) in [5.74, 6) is 0. The molecule has 0 spiro atoms. The van der Waals surface area contributed by atoms with E-state index in [0.717, 1.165) is 10.1 Å². The Bertz CT molecular complexity index is 943. The topological polar surface area (TPSA) is 96.5 Å². The number of imidazole rings is 1. The number of hydrogen-bond acceptors (Lipinski definition) is 4. The van der Waals surface area contributed by atoms with E-state index in [9.17, 15) is 9.59 Å². The number of aromatic nitrogens is 4. The number of rotatable bonds is 3. The molecule has 7 nitrogen and oxygen atoms in total. The van der Waals surface area contributed by atoms with Crippen LogP contribution in [0.5, 0.6) is 0 Å². The molecule has 3 aromatic rings. The fraction of sp³-hybridized carbons (Fsp3) is 0.143.